The lowest BCUT2D eigenvalue weighted by Crippen LogP contribution is -2.35. The van der Waals surface area contributed by atoms with Crippen molar-refractivity contribution >= 4 is 56.4 Å². The maximum absolute atomic E-state index is 15.0. The summed E-state index contributed by atoms with van der Waals surface area (Å²) in [5.74, 6) is 0.164. The van der Waals surface area contributed by atoms with Gasteiger partial charge in [-0.15, -0.1) is 11.3 Å². The molecule has 39 heavy (non-hydrogen) atoms. The number of carbonyl (C=O) groups is 2. The monoisotopic (exact) mass is 564 g/mol. The summed E-state index contributed by atoms with van der Waals surface area (Å²) in [6.07, 6.45) is 3.71. The molecule has 1 fully saturated rings. The number of carbonyl (C=O) groups excluding carboxylic acids is 2. The third-order valence-corrected chi connectivity index (χ3v) is 7.50. The van der Waals surface area contributed by atoms with Crippen LogP contribution in [0.3, 0.4) is 0 Å². The number of fused-ring (bicyclic) bond motifs is 1. The molecule has 2 aromatic heterocycles. The summed E-state index contributed by atoms with van der Waals surface area (Å²) in [7, 11) is 1.57. The summed E-state index contributed by atoms with van der Waals surface area (Å²) in [4.78, 5) is 31.9. The standard InChI is InChI=1S/C28H25FN4O4S2/c1-36-19-7-4-17(5-8-19)14-25(34)32-28(38)31-18-6-9-22(20(29)15-18)37-23-10-11-30-21-16-24(39-26(21)23)27(35)33-12-2-3-13-33/h4-11,15-16H,2-3,12-14H2,1H3,(H2,31,32,34,38). The molecule has 0 atom stereocenters. The van der Waals surface area contributed by atoms with Gasteiger partial charge in [-0.05, 0) is 61.0 Å². The van der Waals surface area contributed by atoms with Crippen LogP contribution in [0.25, 0.3) is 10.2 Å². The van der Waals surface area contributed by atoms with E-state index in [4.69, 9.17) is 21.7 Å². The van der Waals surface area contributed by atoms with Crippen LogP contribution in [0.1, 0.15) is 28.1 Å². The largest absolute Gasteiger partial charge is 0.497 e. The van der Waals surface area contributed by atoms with E-state index >= 15 is 0 Å². The van der Waals surface area contributed by atoms with Gasteiger partial charge in [0, 0.05) is 37.1 Å². The highest BCUT2D eigenvalue weighted by Gasteiger charge is 2.22. The van der Waals surface area contributed by atoms with Gasteiger partial charge in [0.05, 0.1) is 28.6 Å². The average molecular weight is 565 g/mol. The number of anilines is 1. The number of nitrogens with one attached hydrogen (secondary N) is 2. The maximum Gasteiger partial charge on any atom is 0.264 e. The third kappa shape index (κ3) is 6.32. The number of aromatic nitrogens is 1. The van der Waals surface area contributed by atoms with E-state index in [9.17, 15) is 14.0 Å². The van der Waals surface area contributed by atoms with Crippen molar-refractivity contribution < 1.29 is 23.5 Å². The number of pyridine rings is 1. The van der Waals surface area contributed by atoms with E-state index in [0.717, 1.165) is 31.5 Å². The van der Waals surface area contributed by atoms with Crippen LogP contribution < -0.4 is 20.1 Å². The molecule has 3 heterocycles. The topological polar surface area (TPSA) is 92.8 Å². The second kappa shape index (κ2) is 11.7. The Kier molecular flexibility index (Phi) is 7.99. The fraction of sp³-hybridized carbons (Fsp3) is 0.214. The molecule has 0 spiro atoms. The highest BCUT2D eigenvalue weighted by atomic mass is 32.1. The summed E-state index contributed by atoms with van der Waals surface area (Å²) < 4.78 is 26.6. The quantitative estimate of drug-likeness (QED) is 0.285. The van der Waals surface area contributed by atoms with Crippen molar-refractivity contribution in [3.63, 3.8) is 0 Å². The van der Waals surface area contributed by atoms with Crippen molar-refractivity contribution in [3.05, 3.63) is 77.1 Å². The second-order valence-corrected chi connectivity index (χ2v) is 10.4. The number of hydrogen-bond donors (Lipinski definition) is 2. The number of ether oxygens (including phenoxy) is 2. The van der Waals surface area contributed by atoms with Crippen molar-refractivity contribution in [2.45, 2.75) is 19.3 Å². The van der Waals surface area contributed by atoms with E-state index in [-0.39, 0.29) is 29.1 Å². The number of thiocarbonyl (C=S) groups is 1. The fourth-order valence-corrected chi connectivity index (χ4v) is 5.48. The van der Waals surface area contributed by atoms with Crippen molar-refractivity contribution in [1.29, 1.82) is 0 Å². The molecule has 0 unspecified atom stereocenters. The number of rotatable bonds is 7. The molecule has 2 N–H and O–H groups in total. The molecule has 0 radical (unpaired) electrons. The number of nitrogens with zero attached hydrogens (tertiary/aromatic N) is 2. The van der Waals surface area contributed by atoms with Crippen LogP contribution in [0.5, 0.6) is 17.2 Å². The van der Waals surface area contributed by atoms with Crippen LogP contribution in [0.15, 0.2) is 60.8 Å². The molecule has 1 aliphatic heterocycles. The SMILES string of the molecule is COc1ccc(CC(=O)NC(=S)Nc2ccc(Oc3ccnc4cc(C(=O)N5CCCC5)sc34)c(F)c2)cc1. The zero-order valence-electron chi connectivity index (χ0n) is 21.0. The van der Waals surface area contributed by atoms with Gasteiger partial charge in [0.25, 0.3) is 5.91 Å². The van der Waals surface area contributed by atoms with Gasteiger partial charge >= 0.3 is 0 Å². The van der Waals surface area contributed by atoms with E-state index in [1.807, 2.05) is 4.90 Å². The van der Waals surface area contributed by atoms with Gasteiger partial charge in [-0.2, -0.15) is 0 Å². The number of amides is 2. The Morgan fingerprint density at radius 2 is 1.85 bits per heavy atom. The van der Waals surface area contributed by atoms with Crippen LogP contribution in [0.2, 0.25) is 0 Å². The molecule has 0 aliphatic carbocycles. The lowest BCUT2D eigenvalue weighted by molar-refractivity contribution is -0.119. The Hall–Kier alpha value is -4.09. The first-order chi connectivity index (χ1) is 18.9. The van der Waals surface area contributed by atoms with Gasteiger partial charge < -0.3 is 25.0 Å². The lowest BCUT2D eigenvalue weighted by atomic mass is 10.1. The molecule has 5 rings (SSSR count). The molecule has 2 aromatic carbocycles. The van der Waals surface area contributed by atoms with E-state index in [1.165, 1.54) is 23.5 Å². The maximum atomic E-state index is 15.0. The van der Waals surface area contributed by atoms with Gasteiger partial charge in [0.1, 0.15) is 11.5 Å². The molecule has 200 valence electrons. The molecule has 1 saturated heterocycles. The van der Waals surface area contributed by atoms with Gasteiger partial charge in [-0.3, -0.25) is 14.6 Å². The number of likely N-dealkylation sites (tertiary alicyclic amines) is 1. The van der Waals surface area contributed by atoms with E-state index in [0.29, 0.717) is 32.3 Å². The van der Waals surface area contributed by atoms with Gasteiger partial charge in [-0.1, -0.05) is 12.1 Å². The molecule has 0 saturated carbocycles. The number of benzene rings is 2. The van der Waals surface area contributed by atoms with Crippen LogP contribution >= 0.6 is 23.6 Å². The molecular weight excluding hydrogens is 539 g/mol. The summed E-state index contributed by atoms with van der Waals surface area (Å²) in [6, 6.07) is 14.8. The van der Waals surface area contributed by atoms with Crippen molar-refractivity contribution in [1.82, 2.24) is 15.2 Å². The van der Waals surface area contributed by atoms with E-state index in [2.05, 4.69) is 15.6 Å². The molecule has 0 bridgehead atoms. The first kappa shape index (κ1) is 26.5. The number of methoxy groups -OCH3 is 1. The number of hydrogen-bond acceptors (Lipinski definition) is 7. The third-order valence-electron chi connectivity index (χ3n) is 6.17. The first-order valence-corrected chi connectivity index (χ1v) is 13.5. The molecule has 1 aliphatic rings. The second-order valence-electron chi connectivity index (χ2n) is 8.91. The molecule has 8 nitrogen and oxygen atoms in total. The Balaban J connectivity index is 1.22. The summed E-state index contributed by atoms with van der Waals surface area (Å²) in [5.41, 5.74) is 1.77. The highest BCUT2D eigenvalue weighted by molar-refractivity contribution is 7.80. The summed E-state index contributed by atoms with van der Waals surface area (Å²) in [6.45, 7) is 1.51. The van der Waals surface area contributed by atoms with Crippen molar-refractivity contribution in [2.24, 2.45) is 0 Å². The average Bonchev–Trinajstić information content (AvgIpc) is 3.61. The van der Waals surface area contributed by atoms with Crippen LogP contribution in [0.4, 0.5) is 10.1 Å². The predicted octanol–water partition coefficient (Wildman–Crippen LogP) is 5.53. The lowest BCUT2D eigenvalue weighted by Gasteiger charge is -2.13. The molecule has 11 heteroatoms. The van der Waals surface area contributed by atoms with Gasteiger partial charge in [0.2, 0.25) is 5.91 Å². The van der Waals surface area contributed by atoms with Gasteiger partial charge in [-0.25, -0.2) is 4.39 Å². The number of halogens is 1. The Labute approximate surface area is 233 Å². The first-order valence-electron chi connectivity index (χ1n) is 12.3. The smallest absolute Gasteiger partial charge is 0.264 e. The van der Waals surface area contributed by atoms with Gasteiger partial charge in [0.15, 0.2) is 16.7 Å². The normalized spacial score (nSPS) is 12.8. The van der Waals surface area contributed by atoms with Crippen LogP contribution in [0, 0.1) is 5.82 Å². The number of thiophene rings is 1. The van der Waals surface area contributed by atoms with E-state index < -0.39 is 5.82 Å². The molecule has 2 amide bonds. The van der Waals surface area contributed by atoms with Crippen molar-refractivity contribution in [2.75, 3.05) is 25.5 Å². The zero-order valence-corrected chi connectivity index (χ0v) is 22.7. The molecular formula is C28H25FN4O4S2. The summed E-state index contributed by atoms with van der Waals surface area (Å²) in [5, 5.41) is 5.45. The minimum Gasteiger partial charge on any atom is -0.497 e. The summed E-state index contributed by atoms with van der Waals surface area (Å²) >= 11 is 6.50. The minimum absolute atomic E-state index is 0.00308. The Morgan fingerprint density at radius 1 is 1.08 bits per heavy atom. The van der Waals surface area contributed by atoms with Crippen LogP contribution in [-0.4, -0.2) is 47.0 Å². The zero-order chi connectivity index (χ0) is 27.4. The fourth-order valence-electron chi connectivity index (χ4n) is 4.22. The van der Waals surface area contributed by atoms with Crippen LogP contribution in [-0.2, 0) is 11.2 Å². The highest BCUT2D eigenvalue weighted by Crippen LogP contribution is 2.36. The Bertz CT molecular complexity index is 1530. The predicted molar refractivity (Wildman–Crippen MR) is 152 cm³/mol. The minimum atomic E-state index is -0.623. The van der Waals surface area contributed by atoms with E-state index in [1.54, 1.807) is 55.8 Å². The Morgan fingerprint density at radius 3 is 2.56 bits per heavy atom. The molecule has 4 aromatic rings. The van der Waals surface area contributed by atoms with Crippen molar-refractivity contribution in [3.8, 4) is 17.2 Å².